The van der Waals surface area contributed by atoms with Crippen LogP contribution in [-0.4, -0.2) is 15.0 Å². The van der Waals surface area contributed by atoms with Crippen molar-refractivity contribution in [2.45, 2.75) is 94.8 Å². The smallest absolute Gasteiger partial charge is 0.164 e. The second-order valence-corrected chi connectivity index (χ2v) is 15.0. The normalized spacial score (nSPS) is 36.4. The summed E-state index contributed by atoms with van der Waals surface area (Å²) in [5.41, 5.74) is 4.24. The summed E-state index contributed by atoms with van der Waals surface area (Å²) in [6, 6.07) is 17.9. The lowest BCUT2D eigenvalue weighted by Crippen LogP contribution is -2.48. The molecule has 0 saturated heterocycles. The van der Waals surface area contributed by atoms with Gasteiger partial charge in [0, 0.05) is 21.0 Å². The fraction of sp³-hybridized carbons (Fsp3) is 0.571. The van der Waals surface area contributed by atoms with Crippen molar-refractivity contribution in [2.24, 2.45) is 29.6 Å². The highest BCUT2D eigenvalue weighted by Crippen LogP contribution is 2.61. The second kappa shape index (κ2) is 9.23. The summed E-state index contributed by atoms with van der Waals surface area (Å²) >= 11 is 3.78. The average molecular weight is 583 g/mol. The van der Waals surface area contributed by atoms with Gasteiger partial charge >= 0.3 is 0 Å². The summed E-state index contributed by atoms with van der Waals surface area (Å²) in [6.07, 6.45) is 16.4. The van der Waals surface area contributed by atoms with Gasteiger partial charge < -0.3 is 0 Å². The third-order valence-electron chi connectivity index (χ3n) is 11.7. The molecule has 0 unspecified atom stereocenters. The lowest BCUT2D eigenvalue weighted by Gasteiger charge is -2.57. The fourth-order valence-corrected chi connectivity index (χ4v) is 10.8. The van der Waals surface area contributed by atoms with E-state index in [-0.39, 0.29) is 5.41 Å². The number of benzene rings is 2. The third kappa shape index (κ3) is 4.14. The van der Waals surface area contributed by atoms with Crippen LogP contribution >= 0.6 is 15.9 Å². The molecule has 6 bridgehead atoms. The van der Waals surface area contributed by atoms with Crippen LogP contribution in [0.1, 0.15) is 95.4 Å². The van der Waals surface area contributed by atoms with Gasteiger partial charge in [-0.05, 0) is 111 Å². The van der Waals surface area contributed by atoms with E-state index >= 15 is 0 Å². The molecule has 0 amide bonds. The van der Waals surface area contributed by atoms with Crippen LogP contribution < -0.4 is 0 Å². The van der Waals surface area contributed by atoms with Crippen molar-refractivity contribution in [2.75, 3.05) is 0 Å². The van der Waals surface area contributed by atoms with Crippen molar-refractivity contribution in [3.05, 3.63) is 64.4 Å². The number of rotatable bonds is 5. The number of hydrogen-bond acceptors (Lipinski definition) is 3. The van der Waals surface area contributed by atoms with E-state index in [1.165, 1.54) is 70.6 Å². The van der Waals surface area contributed by atoms with Gasteiger partial charge in [0.1, 0.15) is 5.82 Å². The Kier molecular flexibility index (Phi) is 5.84. The molecular formula is C35H40BrN3. The molecule has 3 nitrogen and oxygen atoms in total. The van der Waals surface area contributed by atoms with Gasteiger partial charge in [-0.2, -0.15) is 0 Å². The van der Waals surface area contributed by atoms with Gasteiger partial charge in [0.15, 0.2) is 11.6 Å². The van der Waals surface area contributed by atoms with E-state index in [1.807, 2.05) is 0 Å². The molecular weight excluding hydrogens is 542 g/mol. The summed E-state index contributed by atoms with van der Waals surface area (Å²) < 4.78 is 1.04. The largest absolute Gasteiger partial charge is 0.212 e. The molecule has 4 heteroatoms. The first-order chi connectivity index (χ1) is 19.0. The predicted octanol–water partition coefficient (Wildman–Crippen LogP) is 9.29. The SMILES string of the molecule is CCC1(c2nc(-c3ccc(C45CC6C[C@H](C4)C[C@H](C6)C5)cc3)nc(-c3ccccc3Br)n2)C[C@@H]2CC[C@H](C2)C1. The van der Waals surface area contributed by atoms with Gasteiger partial charge in [0.2, 0.25) is 0 Å². The van der Waals surface area contributed by atoms with Gasteiger partial charge in [0.05, 0.1) is 0 Å². The zero-order chi connectivity index (χ0) is 26.2. The minimum absolute atomic E-state index is 0.0664. The zero-order valence-electron chi connectivity index (χ0n) is 23.2. The molecule has 1 heterocycles. The molecule has 0 spiro atoms. The Bertz CT molecular complexity index is 1350. The maximum atomic E-state index is 5.31. The van der Waals surface area contributed by atoms with Crippen molar-refractivity contribution in [3.8, 4) is 22.8 Å². The first-order valence-corrected chi connectivity index (χ1v) is 16.4. The second-order valence-electron chi connectivity index (χ2n) is 14.1. The predicted molar refractivity (Wildman–Crippen MR) is 160 cm³/mol. The molecule has 0 radical (unpaired) electrons. The molecule has 3 aromatic rings. The first kappa shape index (κ1) is 24.7. The summed E-state index contributed by atoms with van der Waals surface area (Å²) in [4.78, 5) is 15.7. The monoisotopic (exact) mass is 581 g/mol. The Morgan fingerprint density at radius 2 is 1.28 bits per heavy atom. The van der Waals surface area contributed by atoms with E-state index in [0.717, 1.165) is 69.1 Å². The Labute approximate surface area is 241 Å². The van der Waals surface area contributed by atoms with E-state index in [1.54, 1.807) is 5.56 Å². The quantitative estimate of drug-likeness (QED) is 0.301. The van der Waals surface area contributed by atoms with Crippen molar-refractivity contribution >= 4 is 15.9 Å². The average Bonchev–Trinajstić information content (AvgIpc) is 3.30. The summed E-state index contributed by atoms with van der Waals surface area (Å²) in [5, 5.41) is 0. The fourth-order valence-electron chi connectivity index (χ4n) is 10.3. The third-order valence-corrected chi connectivity index (χ3v) is 12.4. The van der Waals surface area contributed by atoms with Gasteiger partial charge in [-0.3, -0.25) is 0 Å². The molecule has 1 aromatic heterocycles. The van der Waals surface area contributed by atoms with Crippen LogP contribution in [0.2, 0.25) is 0 Å². The highest BCUT2D eigenvalue weighted by atomic mass is 79.9. The maximum Gasteiger partial charge on any atom is 0.164 e. The Morgan fingerprint density at radius 1 is 0.692 bits per heavy atom. The van der Waals surface area contributed by atoms with Gasteiger partial charge in [-0.1, -0.05) is 78.2 Å². The van der Waals surface area contributed by atoms with E-state index < -0.39 is 0 Å². The van der Waals surface area contributed by atoms with E-state index in [4.69, 9.17) is 15.0 Å². The van der Waals surface area contributed by atoms with Crippen LogP contribution in [0.4, 0.5) is 0 Å². The molecule has 6 aliphatic rings. The molecule has 0 aliphatic heterocycles. The van der Waals surface area contributed by atoms with E-state index in [0.29, 0.717) is 5.41 Å². The molecule has 39 heavy (non-hydrogen) atoms. The van der Waals surface area contributed by atoms with Gasteiger partial charge in [-0.15, -0.1) is 0 Å². The molecule has 6 saturated carbocycles. The van der Waals surface area contributed by atoms with Crippen molar-refractivity contribution in [1.82, 2.24) is 15.0 Å². The number of halogens is 1. The van der Waals surface area contributed by atoms with Gasteiger partial charge in [-0.25, -0.2) is 15.0 Å². The Hall–Kier alpha value is -2.07. The minimum atomic E-state index is 0.0664. The van der Waals surface area contributed by atoms with Crippen molar-refractivity contribution < 1.29 is 0 Å². The van der Waals surface area contributed by atoms with Crippen LogP contribution in [0.5, 0.6) is 0 Å². The highest BCUT2D eigenvalue weighted by molar-refractivity contribution is 9.10. The molecule has 6 aliphatic carbocycles. The molecule has 2 atom stereocenters. The Balaban J connectivity index is 1.20. The van der Waals surface area contributed by atoms with Gasteiger partial charge in [0.25, 0.3) is 0 Å². The summed E-state index contributed by atoms with van der Waals surface area (Å²) in [7, 11) is 0. The maximum absolute atomic E-state index is 5.31. The zero-order valence-corrected chi connectivity index (χ0v) is 24.8. The number of aromatic nitrogens is 3. The minimum Gasteiger partial charge on any atom is -0.212 e. The molecule has 0 N–H and O–H groups in total. The lowest BCUT2D eigenvalue weighted by atomic mass is 9.48. The number of hydrogen-bond donors (Lipinski definition) is 0. The summed E-state index contributed by atoms with van der Waals surface area (Å²) in [6.45, 7) is 2.35. The summed E-state index contributed by atoms with van der Waals surface area (Å²) in [5.74, 6) is 7.22. The first-order valence-electron chi connectivity index (χ1n) is 15.6. The number of nitrogens with zero attached hydrogens (tertiary/aromatic N) is 3. The topological polar surface area (TPSA) is 38.7 Å². The van der Waals surface area contributed by atoms with E-state index in [2.05, 4.69) is 71.4 Å². The van der Waals surface area contributed by atoms with Crippen LogP contribution in [-0.2, 0) is 10.8 Å². The molecule has 6 fully saturated rings. The van der Waals surface area contributed by atoms with Crippen LogP contribution in [0.15, 0.2) is 53.0 Å². The highest BCUT2D eigenvalue weighted by Gasteiger charge is 2.51. The Morgan fingerprint density at radius 3 is 1.90 bits per heavy atom. The molecule has 202 valence electrons. The van der Waals surface area contributed by atoms with Crippen LogP contribution in [0, 0.1) is 29.6 Å². The standard InChI is InChI=1S/C35H40BrN3/c1-2-34(17-22-7-8-23(13-22)18-34)33-38-31(37-32(39-33)29-5-3-4-6-30(29)36)27-9-11-28(12-10-27)35-19-24-14-25(20-35)16-26(15-24)21-35/h3-6,9-12,22-26H,2,7-8,13-21H2,1H3/t22-,23-,24-,25-,26?,35?/m1/s1. The van der Waals surface area contributed by atoms with E-state index in [9.17, 15) is 0 Å². The van der Waals surface area contributed by atoms with Crippen molar-refractivity contribution in [1.29, 1.82) is 0 Å². The molecule has 2 aromatic carbocycles. The van der Waals surface area contributed by atoms with Crippen LogP contribution in [0.3, 0.4) is 0 Å². The molecule has 9 rings (SSSR count). The number of fused-ring (bicyclic) bond motifs is 2. The van der Waals surface area contributed by atoms with Crippen LogP contribution in [0.25, 0.3) is 22.8 Å². The van der Waals surface area contributed by atoms with Crippen molar-refractivity contribution in [3.63, 3.8) is 0 Å². The lowest BCUT2D eigenvalue weighted by molar-refractivity contribution is -0.00518.